The minimum Gasteiger partial charge on any atom is -0.441 e. The number of rotatable bonds is 1. The van der Waals surface area contributed by atoms with Gasteiger partial charge in [0.05, 0.1) is 18.4 Å². The van der Waals surface area contributed by atoms with Crippen LogP contribution >= 0.6 is 0 Å². The van der Waals surface area contributed by atoms with Crippen LogP contribution in [0.15, 0.2) is 18.5 Å². The molecule has 1 amide bonds. The lowest BCUT2D eigenvalue weighted by atomic mass is 9.91. The molecule has 3 heterocycles. The highest BCUT2D eigenvalue weighted by atomic mass is 19.1. The number of nitrogens with zero attached hydrogens (tertiary/aromatic N) is 2. The Hall–Kier alpha value is -1.85. The van der Waals surface area contributed by atoms with E-state index in [-0.39, 0.29) is 11.9 Å². The molecule has 0 bridgehead atoms. The number of carbonyl (C=O) groups excluding carboxylic acids is 1. The number of aromatic nitrogens is 1. The second-order valence-corrected chi connectivity index (χ2v) is 4.74. The zero-order valence-electron chi connectivity index (χ0n) is 9.86. The van der Waals surface area contributed by atoms with E-state index in [9.17, 15) is 9.18 Å². The summed E-state index contributed by atoms with van der Waals surface area (Å²) in [6.07, 6.45) is 3.89. The van der Waals surface area contributed by atoms with E-state index in [1.165, 1.54) is 6.20 Å². The molecule has 1 spiro atoms. The van der Waals surface area contributed by atoms with Crippen LogP contribution in [0.1, 0.15) is 12.8 Å². The van der Waals surface area contributed by atoms with Gasteiger partial charge in [-0.2, -0.15) is 0 Å². The summed E-state index contributed by atoms with van der Waals surface area (Å²) < 4.78 is 18.9. The quantitative estimate of drug-likeness (QED) is 0.817. The third-order valence-corrected chi connectivity index (χ3v) is 3.63. The fraction of sp³-hybridized carbons (Fsp3) is 0.500. The molecule has 96 valence electrons. The first-order valence-electron chi connectivity index (χ1n) is 6.00. The molecule has 0 saturated carbocycles. The van der Waals surface area contributed by atoms with Crippen molar-refractivity contribution in [3.8, 4) is 0 Å². The summed E-state index contributed by atoms with van der Waals surface area (Å²) in [5.41, 5.74) is 0.175. The molecule has 1 aromatic heterocycles. The van der Waals surface area contributed by atoms with E-state index < -0.39 is 5.60 Å². The first-order valence-corrected chi connectivity index (χ1v) is 6.00. The number of ether oxygens (including phenoxy) is 1. The molecule has 0 radical (unpaired) electrons. The van der Waals surface area contributed by atoms with E-state index in [1.807, 2.05) is 4.90 Å². The fourth-order valence-corrected chi connectivity index (χ4v) is 2.56. The van der Waals surface area contributed by atoms with Crippen molar-refractivity contribution in [2.24, 2.45) is 0 Å². The Bertz CT molecular complexity index is 472. The van der Waals surface area contributed by atoms with Crippen molar-refractivity contribution in [1.82, 2.24) is 10.3 Å². The number of amides is 1. The second-order valence-electron chi connectivity index (χ2n) is 4.74. The summed E-state index contributed by atoms with van der Waals surface area (Å²) in [6.45, 7) is 1.91. The average Bonchev–Trinajstić information content (AvgIpc) is 2.73. The summed E-state index contributed by atoms with van der Waals surface area (Å²) in [5, 5.41) is 2.68. The van der Waals surface area contributed by atoms with Gasteiger partial charge in [-0.05, 0) is 6.07 Å². The Kier molecular flexibility index (Phi) is 2.57. The number of carbonyl (C=O) groups is 1. The zero-order valence-corrected chi connectivity index (χ0v) is 9.86. The predicted molar refractivity (Wildman–Crippen MR) is 62.9 cm³/mol. The van der Waals surface area contributed by atoms with E-state index in [4.69, 9.17) is 4.74 Å². The van der Waals surface area contributed by atoms with Gasteiger partial charge in [0.25, 0.3) is 0 Å². The second kappa shape index (κ2) is 4.12. The summed E-state index contributed by atoms with van der Waals surface area (Å²) >= 11 is 0. The number of halogens is 1. The van der Waals surface area contributed by atoms with Crippen molar-refractivity contribution in [3.05, 3.63) is 24.3 Å². The Morgan fingerprint density at radius 1 is 1.44 bits per heavy atom. The van der Waals surface area contributed by atoms with E-state index in [1.54, 1.807) is 12.3 Å². The normalized spacial score (nSPS) is 21.8. The molecule has 18 heavy (non-hydrogen) atoms. The smallest absolute Gasteiger partial charge is 0.407 e. The van der Waals surface area contributed by atoms with Gasteiger partial charge in [-0.15, -0.1) is 0 Å². The van der Waals surface area contributed by atoms with E-state index in [2.05, 4.69) is 10.3 Å². The monoisotopic (exact) mass is 251 g/mol. The van der Waals surface area contributed by atoms with Crippen LogP contribution in [0.25, 0.3) is 0 Å². The van der Waals surface area contributed by atoms with Crippen LogP contribution in [0, 0.1) is 5.82 Å². The molecule has 0 aromatic carbocycles. The van der Waals surface area contributed by atoms with Crippen molar-refractivity contribution in [2.75, 3.05) is 24.5 Å². The molecule has 1 N–H and O–H groups in total. The van der Waals surface area contributed by atoms with Gasteiger partial charge in [0, 0.05) is 32.1 Å². The molecule has 2 aliphatic heterocycles. The van der Waals surface area contributed by atoms with Gasteiger partial charge in [-0.1, -0.05) is 0 Å². The van der Waals surface area contributed by atoms with E-state index in [0.29, 0.717) is 38.2 Å². The highest BCUT2D eigenvalue weighted by Crippen LogP contribution is 2.32. The van der Waals surface area contributed by atoms with Gasteiger partial charge in [0.1, 0.15) is 5.60 Å². The number of alkyl carbamates (subject to hydrolysis) is 1. The van der Waals surface area contributed by atoms with Crippen molar-refractivity contribution in [2.45, 2.75) is 18.4 Å². The van der Waals surface area contributed by atoms with Crippen LogP contribution in [-0.4, -0.2) is 36.3 Å². The molecule has 0 aliphatic carbocycles. The summed E-state index contributed by atoms with van der Waals surface area (Å²) in [4.78, 5) is 16.8. The predicted octanol–water partition coefficient (Wildman–Crippen LogP) is 1.30. The standard InChI is InChI=1S/C12H14FN3O2/c13-9-7-14-4-1-10(9)16-5-2-12(3-6-16)8-15-11(17)18-12/h1,4,7H,2-3,5-6,8H2,(H,15,17). The lowest BCUT2D eigenvalue weighted by Crippen LogP contribution is -2.46. The number of pyridine rings is 1. The van der Waals surface area contributed by atoms with Crippen molar-refractivity contribution in [1.29, 1.82) is 0 Å². The Labute approximate surface area is 104 Å². The van der Waals surface area contributed by atoms with Crippen LogP contribution in [0.5, 0.6) is 0 Å². The zero-order chi connectivity index (χ0) is 12.6. The fourth-order valence-electron chi connectivity index (χ4n) is 2.56. The molecule has 1 aromatic rings. The maximum Gasteiger partial charge on any atom is 0.407 e. The third kappa shape index (κ3) is 1.87. The van der Waals surface area contributed by atoms with Gasteiger partial charge < -0.3 is 15.0 Å². The van der Waals surface area contributed by atoms with Crippen molar-refractivity contribution < 1.29 is 13.9 Å². The van der Waals surface area contributed by atoms with Crippen molar-refractivity contribution >= 4 is 11.8 Å². The largest absolute Gasteiger partial charge is 0.441 e. The molecule has 2 fully saturated rings. The third-order valence-electron chi connectivity index (χ3n) is 3.63. The van der Waals surface area contributed by atoms with E-state index >= 15 is 0 Å². The SMILES string of the molecule is O=C1NCC2(CCN(c3ccncc3F)CC2)O1. The molecule has 3 rings (SSSR count). The van der Waals surface area contributed by atoms with Crippen LogP contribution in [0.4, 0.5) is 14.9 Å². The molecular formula is C12H14FN3O2. The maximum atomic E-state index is 13.6. The van der Waals surface area contributed by atoms with Crippen LogP contribution < -0.4 is 10.2 Å². The van der Waals surface area contributed by atoms with Gasteiger partial charge in [0.15, 0.2) is 5.82 Å². The molecule has 2 saturated heterocycles. The first-order chi connectivity index (χ1) is 8.69. The Morgan fingerprint density at radius 3 is 2.83 bits per heavy atom. The van der Waals surface area contributed by atoms with Gasteiger partial charge in [-0.25, -0.2) is 9.18 Å². The lowest BCUT2D eigenvalue weighted by molar-refractivity contribution is 0.0366. The summed E-state index contributed by atoms with van der Waals surface area (Å²) in [6, 6.07) is 1.67. The average molecular weight is 251 g/mol. The van der Waals surface area contributed by atoms with Gasteiger partial charge in [-0.3, -0.25) is 4.98 Å². The van der Waals surface area contributed by atoms with Crippen LogP contribution in [0.2, 0.25) is 0 Å². The minimum absolute atomic E-state index is 0.310. The summed E-state index contributed by atoms with van der Waals surface area (Å²) in [7, 11) is 0. The van der Waals surface area contributed by atoms with Crippen LogP contribution in [-0.2, 0) is 4.74 Å². The number of anilines is 1. The van der Waals surface area contributed by atoms with Gasteiger partial charge in [0.2, 0.25) is 0 Å². The molecule has 2 aliphatic rings. The lowest BCUT2D eigenvalue weighted by Gasteiger charge is -2.38. The highest BCUT2D eigenvalue weighted by Gasteiger charge is 2.43. The topological polar surface area (TPSA) is 54.5 Å². The molecule has 6 heteroatoms. The number of piperidine rings is 1. The number of hydrogen-bond acceptors (Lipinski definition) is 4. The summed E-state index contributed by atoms with van der Waals surface area (Å²) in [5.74, 6) is -0.310. The Morgan fingerprint density at radius 2 is 2.22 bits per heavy atom. The van der Waals surface area contributed by atoms with Crippen molar-refractivity contribution in [3.63, 3.8) is 0 Å². The van der Waals surface area contributed by atoms with Gasteiger partial charge >= 0.3 is 6.09 Å². The molecule has 5 nitrogen and oxygen atoms in total. The first kappa shape index (κ1) is 11.3. The number of hydrogen-bond donors (Lipinski definition) is 1. The molecule has 0 unspecified atom stereocenters. The Balaban J connectivity index is 1.71. The number of nitrogens with one attached hydrogen (secondary N) is 1. The minimum atomic E-state index is -0.392. The highest BCUT2D eigenvalue weighted by molar-refractivity contribution is 5.70. The van der Waals surface area contributed by atoms with Crippen LogP contribution in [0.3, 0.4) is 0 Å². The van der Waals surface area contributed by atoms with E-state index in [0.717, 1.165) is 0 Å². The molecule has 0 atom stereocenters. The maximum absolute atomic E-state index is 13.6. The molecular weight excluding hydrogens is 237 g/mol.